The third kappa shape index (κ3) is 5.27. The lowest BCUT2D eigenvalue weighted by Gasteiger charge is -2.14. The molecule has 2 rings (SSSR count). The van der Waals surface area contributed by atoms with Crippen LogP contribution in [-0.4, -0.2) is 31.1 Å². The van der Waals surface area contributed by atoms with Gasteiger partial charge in [0.25, 0.3) is 5.91 Å². The molecule has 0 bridgehead atoms. The summed E-state index contributed by atoms with van der Waals surface area (Å²) in [7, 11) is 0. The average molecular weight is 319 g/mol. The van der Waals surface area contributed by atoms with Crippen molar-refractivity contribution >= 4 is 11.9 Å². The first-order valence-corrected chi connectivity index (χ1v) is 8.02. The zero-order valence-electron chi connectivity index (χ0n) is 14.3. The highest BCUT2D eigenvalue weighted by Crippen LogP contribution is 2.32. The van der Waals surface area contributed by atoms with Crippen molar-refractivity contribution < 1.29 is 19.1 Å². The first-order valence-electron chi connectivity index (χ1n) is 8.02. The molecule has 1 aliphatic carbocycles. The molecule has 5 nitrogen and oxygen atoms in total. The number of rotatable bonds is 7. The van der Waals surface area contributed by atoms with Crippen molar-refractivity contribution in [3.8, 4) is 5.75 Å². The van der Waals surface area contributed by atoms with Crippen molar-refractivity contribution in [3.05, 3.63) is 28.8 Å². The van der Waals surface area contributed by atoms with E-state index < -0.39 is 5.97 Å². The Morgan fingerprint density at radius 1 is 1.17 bits per heavy atom. The summed E-state index contributed by atoms with van der Waals surface area (Å²) in [5, 5.41) is 2.84. The Morgan fingerprint density at radius 2 is 1.78 bits per heavy atom. The maximum Gasteiger partial charge on any atom is 0.344 e. The number of benzene rings is 1. The van der Waals surface area contributed by atoms with Crippen molar-refractivity contribution in [1.29, 1.82) is 0 Å². The molecular formula is C18H25NO4. The van der Waals surface area contributed by atoms with Gasteiger partial charge in [-0.2, -0.15) is 0 Å². The monoisotopic (exact) mass is 319 g/mol. The van der Waals surface area contributed by atoms with Gasteiger partial charge in [-0.25, -0.2) is 4.79 Å². The summed E-state index contributed by atoms with van der Waals surface area (Å²) in [6, 6.07) is 4.15. The van der Waals surface area contributed by atoms with Gasteiger partial charge in [-0.15, -0.1) is 0 Å². The van der Waals surface area contributed by atoms with E-state index in [2.05, 4.69) is 5.32 Å². The minimum atomic E-state index is -0.543. The first-order chi connectivity index (χ1) is 10.9. The zero-order chi connectivity index (χ0) is 17.0. The molecule has 0 aromatic heterocycles. The van der Waals surface area contributed by atoms with E-state index in [0.29, 0.717) is 11.7 Å². The van der Waals surface area contributed by atoms with Gasteiger partial charge in [-0.05, 0) is 57.6 Å². The fourth-order valence-electron chi connectivity index (χ4n) is 2.72. The maximum atomic E-state index is 11.7. The molecule has 0 saturated heterocycles. The molecule has 126 valence electrons. The van der Waals surface area contributed by atoms with Crippen molar-refractivity contribution in [3.63, 3.8) is 0 Å². The number of aryl methyl sites for hydroxylation is 3. The third-order valence-corrected chi connectivity index (χ3v) is 4.02. The molecule has 0 radical (unpaired) electrons. The lowest BCUT2D eigenvalue weighted by Crippen LogP contribution is -2.37. The fraction of sp³-hybridized carbons (Fsp3) is 0.556. The Labute approximate surface area is 137 Å². The van der Waals surface area contributed by atoms with Crippen LogP contribution in [0.5, 0.6) is 5.75 Å². The maximum absolute atomic E-state index is 11.7. The van der Waals surface area contributed by atoms with Gasteiger partial charge >= 0.3 is 5.97 Å². The second kappa shape index (κ2) is 7.49. The van der Waals surface area contributed by atoms with E-state index in [9.17, 15) is 9.59 Å². The minimum Gasteiger partial charge on any atom is -0.481 e. The van der Waals surface area contributed by atoms with Crippen molar-refractivity contribution in [2.24, 2.45) is 5.92 Å². The summed E-state index contributed by atoms with van der Waals surface area (Å²) < 4.78 is 10.5. The summed E-state index contributed by atoms with van der Waals surface area (Å²) in [5.74, 6) is 0.462. The standard InChI is InChI=1S/C18H25NO4/c1-11-7-12(2)18(13(3)8-11)23-10-17(21)22-9-16(20)19-14(4)15-5-6-15/h7-8,14-15H,5-6,9-10H2,1-4H3,(H,19,20)/t14-/m0/s1. The molecule has 1 saturated carbocycles. The molecule has 0 aliphatic heterocycles. The Balaban J connectivity index is 1.73. The molecule has 1 fully saturated rings. The summed E-state index contributed by atoms with van der Waals surface area (Å²) in [4.78, 5) is 23.4. The molecule has 0 heterocycles. The molecule has 1 aliphatic rings. The fourth-order valence-corrected chi connectivity index (χ4v) is 2.72. The van der Waals surface area contributed by atoms with Crippen molar-refractivity contribution in [2.45, 2.75) is 46.6 Å². The van der Waals surface area contributed by atoms with E-state index in [1.165, 1.54) is 0 Å². The van der Waals surface area contributed by atoms with Crippen LogP contribution in [0.3, 0.4) is 0 Å². The van der Waals surface area contributed by atoms with Crippen LogP contribution in [0.4, 0.5) is 0 Å². The smallest absolute Gasteiger partial charge is 0.344 e. The molecule has 1 atom stereocenters. The van der Waals surface area contributed by atoms with Gasteiger partial charge in [0.1, 0.15) is 5.75 Å². The van der Waals surface area contributed by atoms with Gasteiger partial charge < -0.3 is 14.8 Å². The second-order valence-electron chi connectivity index (χ2n) is 6.37. The lowest BCUT2D eigenvalue weighted by molar-refractivity contribution is -0.150. The molecule has 1 aromatic rings. The van der Waals surface area contributed by atoms with E-state index in [4.69, 9.17) is 9.47 Å². The number of hydrogen-bond acceptors (Lipinski definition) is 4. The molecule has 0 unspecified atom stereocenters. The van der Waals surface area contributed by atoms with Gasteiger partial charge in [-0.1, -0.05) is 17.7 Å². The molecule has 5 heteroatoms. The summed E-state index contributed by atoms with van der Waals surface area (Å²) in [6.07, 6.45) is 2.31. The molecule has 1 aromatic carbocycles. The second-order valence-corrected chi connectivity index (χ2v) is 6.37. The third-order valence-electron chi connectivity index (χ3n) is 4.02. The molecule has 23 heavy (non-hydrogen) atoms. The Bertz CT molecular complexity index is 570. The largest absolute Gasteiger partial charge is 0.481 e. The van der Waals surface area contributed by atoms with E-state index in [1.54, 1.807) is 0 Å². The summed E-state index contributed by atoms with van der Waals surface area (Å²) in [5.41, 5.74) is 3.11. The predicted octanol–water partition coefficient (Wildman–Crippen LogP) is 2.45. The highest BCUT2D eigenvalue weighted by Gasteiger charge is 2.28. The van der Waals surface area contributed by atoms with Crippen LogP contribution in [0.2, 0.25) is 0 Å². The predicted molar refractivity (Wildman–Crippen MR) is 87.4 cm³/mol. The van der Waals surface area contributed by atoms with Crippen LogP contribution in [0.25, 0.3) is 0 Å². The quantitative estimate of drug-likeness (QED) is 0.784. The van der Waals surface area contributed by atoms with Crippen LogP contribution in [-0.2, 0) is 14.3 Å². The first kappa shape index (κ1) is 17.3. The highest BCUT2D eigenvalue weighted by molar-refractivity contribution is 5.81. The van der Waals surface area contributed by atoms with Gasteiger partial charge in [0, 0.05) is 6.04 Å². The molecule has 1 N–H and O–H groups in total. The average Bonchev–Trinajstić information content (AvgIpc) is 3.28. The zero-order valence-corrected chi connectivity index (χ0v) is 14.3. The summed E-state index contributed by atoms with van der Waals surface area (Å²) >= 11 is 0. The van der Waals surface area contributed by atoms with Crippen molar-refractivity contribution in [2.75, 3.05) is 13.2 Å². The molecular weight excluding hydrogens is 294 g/mol. The highest BCUT2D eigenvalue weighted by atomic mass is 16.6. The van der Waals surface area contributed by atoms with Crippen LogP contribution in [0.1, 0.15) is 36.5 Å². The van der Waals surface area contributed by atoms with Gasteiger partial charge in [-0.3, -0.25) is 4.79 Å². The van der Waals surface area contributed by atoms with E-state index >= 15 is 0 Å². The number of amides is 1. The van der Waals surface area contributed by atoms with Gasteiger partial charge in [0.15, 0.2) is 13.2 Å². The van der Waals surface area contributed by atoms with Crippen LogP contribution in [0.15, 0.2) is 12.1 Å². The number of nitrogens with one attached hydrogen (secondary N) is 1. The number of carbonyl (C=O) groups is 2. The van der Waals surface area contributed by atoms with Crippen LogP contribution >= 0.6 is 0 Å². The number of hydrogen-bond donors (Lipinski definition) is 1. The van der Waals surface area contributed by atoms with Crippen molar-refractivity contribution in [1.82, 2.24) is 5.32 Å². The van der Waals surface area contributed by atoms with E-state index in [0.717, 1.165) is 29.5 Å². The number of ether oxygens (including phenoxy) is 2. The Hall–Kier alpha value is -2.04. The topological polar surface area (TPSA) is 64.6 Å². The Kier molecular flexibility index (Phi) is 5.64. The van der Waals surface area contributed by atoms with E-state index in [1.807, 2.05) is 39.8 Å². The molecule has 1 amide bonds. The Morgan fingerprint density at radius 3 is 2.35 bits per heavy atom. The molecule has 0 spiro atoms. The summed E-state index contributed by atoms with van der Waals surface area (Å²) in [6.45, 7) is 7.41. The van der Waals surface area contributed by atoms with E-state index in [-0.39, 0.29) is 25.2 Å². The number of esters is 1. The van der Waals surface area contributed by atoms with Crippen LogP contribution < -0.4 is 10.1 Å². The minimum absolute atomic E-state index is 0.148. The van der Waals surface area contributed by atoms with Crippen LogP contribution in [0, 0.1) is 26.7 Å². The van der Waals surface area contributed by atoms with Gasteiger partial charge in [0.2, 0.25) is 0 Å². The normalized spacial score (nSPS) is 15.0. The van der Waals surface area contributed by atoms with Gasteiger partial charge in [0.05, 0.1) is 0 Å². The SMILES string of the molecule is Cc1cc(C)c(OCC(=O)OCC(=O)N[C@@H](C)C2CC2)c(C)c1. The number of carbonyl (C=O) groups excluding carboxylic acids is 2. The lowest BCUT2D eigenvalue weighted by atomic mass is 10.1.